The zero-order valence-corrected chi connectivity index (χ0v) is 14.6. The van der Waals surface area contributed by atoms with Gasteiger partial charge in [0.2, 0.25) is 0 Å². The second-order valence-electron chi connectivity index (χ2n) is 4.69. The van der Waals surface area contributed by atoms with Gasteiger partial charge in [-0.15, -0.1) is 0 Å². The van der Waals surface area contributed by atoms with Gasteiger partial charge in [0.1, 0.15) is 5.75 Å². The van der Waals surface area contributed by atoms with Gasteiger partial charge >= 0.3 is 5.97 Å². The molecule has 0 heterocycles. The van der Waals surface area contributed by atoms with Crippen molar-refractivity contribution in [2.75, 3.05) is 18.4 Å². The third-order valence-corrected chi connectivity index (χ3v) is 4.69. The van der Waals surface area contributed by atoms with E-state index in [0.29, 0.717) is 12.4 Å². The van der Waals surface area contributed by atoms with E-state index in [0.717, 1.165) is 0 Å². The van der Waals surface area contributed by atoms with Gasteiger partial charge in [-0.05, 0) is 49.4 Å². The van der Waals surface area contributed by atoms with E-state index in [1.807, 2.05) is 6.92 Å². The summed E-state index contributed by atoms with van der Waals surface area (Å²) < 4.78 is 37.3. The average molecular weight is 370 g/mol. The molecule has 0 amide bonds. The normalized spacial score (nSPS) is 11.0. The first-order valence-corrected chi connectivity index (χ1v) is 8.87. The number of esters is 1. The van der Waals surface area contributed by atoms with Crippen molar-refractivity contribution in [1.29, 1.82) is 0 Å². The molecule has 2 aromatic rings. The SMILES string of the molecule is CCOc1ccc(S(=O)(=O)Nc2cc(Cl)ccc2C(=O)OC)cc1. The minimum Gasteiger partial charge on any atom is -0.494 e. The summed E-state index contributed by atoms with van der Waals surface area (Å²) in [7, 11) is -2.69. The minimum atomic E-state index is -3.90. The second-order valence-corrected chi connectivity index (χ2v) is 6.81. The van der Waals surface area contributed by atoms with Crippen molar-refractivity contribution < 1.29 is 22.7 Å². The fraction of sp³-hybridized carbons (Fsp3) is 0.188. The number of halogens is 1. The van der Waals surface area contributed by atoms with Gasteiger partial charge in [-0.3, -0.25) is 4.72 Å². The number of methoxy groups -OCH3 is 1. The molecule has 24 heavy (non-hydrogen) atoms. The highest BCUT2D eigenvalue weighted by molar-refractivity contribution is 7.92. The smallest absolute Gasteiger partial charge is 0.339 e. The molecule has 0 aliphatic carbocycles. The van der Waals surface area contributed by atoms with Crippen LogP contribution < -0.4 is 9.46 Å². The van der Waals surface area contributed by atoms with E-state index in [4.69, 9.17) is 16.3 Å². The number of nitrogens with one attached hydrogen (secondary N) is 1. The number of rotatable bonds is 6. The molecule has 0 radical (unpaired) electrons. The molecule has 0 atom stereocenters. The lowest BCUT2D eigenvalue weighted by Gasteiger charge is -2.12. The Balaban J connectivity index is 2.35. The monoisotopic (exact) mass is 369 g/mol. The van der Waals surface area contributed by atoms with E-state index < -0.39 is 16.0 Å². The molecule has 0 bridgehead atoms. The molecule has 128 valence electrons. The van der Waals surface area contributed by atoms with Crippen LogP contribution in [-0.2, 0) is 14.8 Å². The van der Waals surface area contributed by atoms with Crippen molar-refractivity contribution in [3.05, 3.63) is 53.1 Å². The second kappa shape index (κ2) is 7.55. The van der Waals surface area contributed by atoms with Crippen molar-refractivity contribution in [3.63, 3.8) is 0 Å². The van der Waals surface area contributed by atoms with Crippen LogP contribution in [-0.4, -0.2) is 28.1 Å². The summed E-state index contributed by atoms with van der Waals surface area (Å²) in [4.78, 5) is 11.8. The van der Waals surface area contributed by atoms with Gasteiger partial charge in [0.25, 0.3) is 10.0 Å². The Morgan fingerprint density at radius 2 is 1.83 bits per heavy atom. The molecule has 2 aromatic carbocycles. The number of carbonyl (C=O) groups is 1. The molecule has 0 fully saturated rings. The summed E-state index contributed by atoms with van der Waals surface area (Å²) in [5, 5.41) is 0.284. The summed E-state index contributed by atoms with van der Waals surface area (Å²) >= 11 is 5.89. The largest absolute Gasteiger partial charge is 0.494 e. The summed E-state index contributed by atoms with van der Waals surface area (Å²) in [5.74, 6) is -0.106. The molecule has 0 aliphatic rings. The number of anilines is 1. The van der Waals surface area contributed by atoms with Gasteiger partial charge in [-0.1, -0.05) is 11.6 Å². The summed E-state index contributed by atoms with van der Waals surface area (Å²) in [6, 6.07) is 10.1. The van der Waals surface area contributed by atoms with Crippen LogP contribution in [0.4, 0.5) is 5.69 Å². The molecule has 0 saturated heterocycles. The molecule has 0 aliphatic heterocycles. The predicted octanol–water partition coefficient (Wildman–Crippen LogP) is 3.33. The Morgan fingerprint density at radius 1 is 1.17 bits per heavy atom. The van der Waals surface area contributed by atoms with E-state index in [1.54, 1.807) is 12.1 Å². The van der Waals surface area contributed by atoms with Crippen molar-refractivity contribution in [2.24, 2.45) is 0 Å². The van der Waals surface area contributed by atoms with Gasteiger partial charge in [0, 0.05) is 5.02 Å². The summed E-state index contributed by atoms with van der Waals surface area (Å²) in [5.41, 5.74) is 0.111. The van der Waals surface area contributed by atoms with Crippen LogP contribution in [0.25, 0.3) is 0 Å². The highest BCUT2D eigenvalue weighted by atomic mass is 35.5. The summed E-state index contributed by atoms with van der Waals surface area (Å²) in [6.45, 7) is 2.31. The molecule has 0 unspecified atom stereocenters. The van der Waals surface area contributed by atoms with Crippen molar-refractivity contribution in [2.45, 2.75) is 11.8 Å². The molecule has 6 nitrogen and oxygen atoms in total. The molecule has 0 aromatic heterocycles. The van der Waals surface area contributed by atoms with Crippen LogP contribution in [0.15, 0.2) is 47.4 Å². The number of sulfonamides is 1. The van der Waals surface area contributed by atoms with E-state index >= 15 is 0 Å². The first-order valence-electron chi connectivity index (χ1n) is 7.01. The summed E-state index contributed by atoms with van der Waals surface area (Å²) in [6.07, 6.45) is 0. The highest BCUT2D eigenvalue weighted by Gasteiger charge is 2.19. The Hall–Kier alpha value is -2.25. The Morgan fingerprint density at radius 3 is 2.42 bits per heavy atom. The highest BCUT2D eigenvalue weighted by Crippen LogP contribution is 2.25. The van der Waals surface area contributed by atoms with Crippen molar-refractivity contribution >= 4 is 33.3 Å². The quantitative estimate of drug-likeness (QED) is 0.790. The fourth-order valence-electron chi connectivity index (χ4n) is 1.97. The Labute approximate surface area is 145 Å². The van der Waals surface area contributed by atoms with E-state index in [-0.39, 0.29) is 21.2 Å². The molecule has 8 heteroatoms. The molecule has 0 spiro atoms. The number of hydrogen-bond acceptors (Lipinski definition) is 5. The fourth-order valence-corrected chi connectivity index (χ4v) is 3.22. The molecular formula is C16H16ClNO5S. The van der Waals surface area contributed by atoms with E-state index in [1.165, 1.54) is 37.4 Å². The number of hydrogen-bond donors (Lipinski definition) is 1. The molecule has 1 N–H and O–H groups in total. The number of benzene rings is 2. The van der Waals surface area contributed by atoms with Crippen molar-refractivity contribution in [3.8, 4) is 5.75 Å². The standard InChI is InChI=1S/C16H16ClNO5S/c1-3-23-12-5-7-13(8-6-12)24(20,21)18-15-10-11(17)4-9-14(15)16(19)22-2/h4-10,18H,3H2,1-2H3. The lowest BCUT2D eigenvalue weighted by molar-refractivity contribution is 0.0602. The third kappa shape index (κ3) is 4.18. The van der Waals surface area contributed by atoms with Crippen LogP contribution in [0.1, 0.15) is 17.3 Å². The van der Waals surface area contributed by atoms with Crippen LogP contribution >= 0.6 is 11.6 Å². The zero-order valence-electron chi connectivity index (χ0n) is 13.1. The maximum absolute atomic E-state index is 12.5. The zero-order chi connectivity index (χ0) is 17.7. The van der Waals surface area contributed by atoms with Crippen LogP contribution in [0.3, 0.4) is 0 Å². The first-order chi connectivity index (χ1) is 11.4. The lowest BCUT2D eigenvalue weighted by atomic mass is 10.2. The maximum atomic E-state index is 12.5. The van der Waals surface area contributed by atoms with Crippen LogP contribution in [0.5, 0.6) is 5.75 Å². The van der Waals surface area contributed by atoms with Gasteiger partial charge in [0.15, 0.2) is 0 Å². The first kappa shape index (κ1) is 18.1. The number of carbonyl (C=O) groups excluding carboxylic acids is 1. The van der Waals surface area contributed by atoms with Crippen LogP contribution in [0.2, 0.25) is 5.02 Å². The average Bonchev–Trinajstić information content (AvgIpc) is 2.55. The molecule has 0 saturated carbocycles. The van der Waals surface area contributed by atoms with Crippen molar-refractivity contribution in [1.82, 2.24) is 0 Å². The Kier molecular flexibility index (Phi) is 5.69. The molecular weight excluding hydrogens is 354 g/mol. The van der Waals surface area contributed by atoms with Gasteiger partial charge < -0.3 is 9.47 Å². The van der Waals surface area contributed by atoms with Gasteiger partial charge in [0.05, 0.1) is 29.9 Å². The minimum absolute atomic E-state index is 0.0294. The lowest BCUT2D eigenvalue weighted by Crippen LogP contribution is -2.16. The van der Waals surface area contributed by atoms with E-state index in [9.17, 15) is 13.2 Å². The van der Waals surface area contributed by atoms with E-state index in [2.05, 4.69) is 9.46 Å². The van der Waals surface area contributed by atoms with Gasteiger partial charge in [-0.2, -0.15) is 0 Å². The third-order valence-electron chi connectivity index (χ3n) is 3.08. The molecule has 2 rings (SSSR count). The number of ether oxygens (including phenoxy) is 2. The Bertz CT molecular complexity index is 834. The topological polar surface area (TPSA) is 81.7 Å². The maximum Gasteiger partial charge on any atom is 0.339 e. The van der Waals surface area contributed by atoms with Gasteiger partial charge in [-0.25, -0.2) is 13.2 Å². The predicted molar refractivity (Wildman–Crippen MR) is 91.2 cm³/mol. The van der Waals surface area contributed by atoms with Crippen LogP contribution in [0, 0.1) is 0 Å².